The minimum atomic E-state index is -3.04. The molecule has 0 radical (unpaired) electrons. The van der Waals surface area contributed by atoms with Crippen LogP contribution in [0.25, 0.3) is 0 Å². The Kier molecular flexibility index (Phi) is 4.53. The zero-order chi connectivity index (χ0) is 13.1. The number of sulfone groups is 1. The van der Waals surface area contributed by atoms with Gasteiger partial charge in [0.25, 0.3) is 5.56 Å². The fourth-order valence-electron chi connectivity index (χ4n) is 1.18. The summed E-state index contributed by atoms with van der Waals surface area (Å²) in [6.07, 6.45) is 2.55. The SMILES string of the molecule is CCn1ncc(NCCS(C)(=O)=O)c(Cl)c1=O. The van der Waals surface area contributed by atoms with Gasteiger partial charge in [-0.3, -0.25) is 4.79 Å². The first-order valence-corrected chi connectivity index (χ1v) is 7.46. The largest absolute Gasteiger partial charge is 0.381 e. The van der Waals surface area contributed by atoms with Crippen molar-refractivity contribution in [2.45, 2.75) is 13.5 Å². The molecule has 0 unspecified atom stereocenters. The first kappa shape index (κ1) is 14.0. The molecule has 8 heteroatoms. The van der Waals surface area contributed by atoms with Gasteiger partial charge in [-0.25, -0.2) is 13.1 Å². The molecule has 1 heterocycles. The molecule has 1 rings (SSSR count). The van der Waals surface area contributed by atoms with E-state index in [0.29, 0.717) is 12.2 Å². The van der Waals surface area contributed by atoms with Crippen molar-refractivity contribution in [2.75, 3.05) is 23.9 Å². The zero-order valence-electron chi connectivity index (χ0n) is 9.60. The Balaban J connectivity index is 2.80. The Labute approximate surface area is 105 Å². The fourth-order valence-corrected chi connectivity index (χ4v) is 1.87. The normalized spacial score (nSPS) is 11.5. The summed E-state index contributed by atoms with van der Waals surface area (Å²) in [7, 11) is -3.04. The second kappa shape index (κ2) is 5.50. The molecule has 0 aliphatic carbocycles. The highest BCUT2D eigenvalue weighted by Gasteiger charge is 2.08. The van der Waals surface area contributed by atoms with Gasteiger partial charge in [-0.15, -0.1) is 0 Å². The van der Waals surface area contributed by atoms with E-state index < -0.39 is 15.4 Å². The van der Waals surface area contributed by atoms with Gasteiger partial charge in [-0.1, -0.05) is 11.6 Å². The molecular formula is C9H14ClN3O3S. The third-order valence-corrected chi connectivity index (χ3v) is 3.38. The van der Waals surface area contributed by atoms with Gasteiger partial charge >= 0.3 is 0 Å². The van der Waals surface area contributed by atoms with Gasteiger partial charge in [0.05, 0.1) is 17.6 Å². The van der Waals surface area contributed by atoms with Crippen LogP contribution in [0.4, 0.5) is 5.69 Å². The lowest BCUT2D eigenvalue weighted by molar-refractivity contribution is 0.602. The lowest BCUT2D eigenvalue weighted by Gasteiger charge is -2.08. The number of nitrogens with zero attached hydrogens (tertiary/aromatic N) is 2. The summed E-state index contributed by atoms with van der Waals surface area (Å²) >= 11 is 5.84. The number of anilines is 1. The zero-order valence-corrected chi connectivity index (χ0v) is 11.2. The van der Waals surface area contributed by atoms with E-state index in [1.165, 1.54) is 10.9 Å². The van der Waals surface area contributed by atoms with Crippen LogP contribution < -0.4 is 10.9 Å². The highest BCUT2D eigenvalue weighted by molar-refractivity contribution is 7.90. The van der Waals surface area contributed by atoms with Crippen molar-refractivity contribution in [2.24, 2.45) is 0 Å². The third kappa shape index (κ3) is 4.01. The van der Waals surface area contributed by atoms with Gasteiger partial charge in [0.15, 0.2) is 0 Å². The van der Waals surface area contributed by atoms with Crippen molar-refractivity contribution < 1.29 is 8.42 Å². The summed E-state index contributed by atoms with van der Waals surface area (Å²) in [6, 6.07) is 0. The van der Waals surface area contributed by atoms with Crippen molar-refractivity contribution in [1.29, 1.82) is 0 Å². The molecule has 0 aromatic carbocycles. The molecule has 96 valence electrons. The summed E-state index contributed by atoms with van der Waals surface area (Å²) in [5, 5.41) is 6.68. The standard InChI is InChI=1S/C9H14ClN3O3S/c1-3-13-9(14)8(10)7(6-12-13)11-4-5-17(2,15)16/h6,11H,3-5H2,1-2H3. The molecule has 0 aliphatic heterocycles. The van der Waals surface area contributed by atoms with Crippen LogP contribution in [0.5, 0.6) is 0 Å². The molecular weight excluding hydrogens is 266 g/mol. The van der Waals surface area contributed by atoms with Crippen LogP contribution in [0.2, 0.25) is 5.02 Å². The van der Waals surface area contributed by atoms with Crippen LogP contribution in [0, 0.1) is 0 Å². The van der Waals surface area contributed by atoms with Crippen LogP contribution in [-0.4, -0.2) is 36.8 Å². The van der Waals surface area contributed by atoms with E-state index in [4.69, 9.17) is 11.6 Å². The summed E-state index contributed by atoms with van der Waals surface area (Å²) in [5.41, 5.74) is -0.0384. The minimum absolute atomic E-state index is 0.0235. The van der Waals surface area contributed by atoms with Crippen LogP contribution in [0.3, 0.4) is 0 Å². The maximum absolute atomic E-state index is 11.6. The van der Waals surface area contributed by atoms with E-state index in [1.807, 2.05) is 0 Å². The second-order valence-electron chi connectivity index (χ2n) is 3.55. The molecule has 0 aliphatic rings. The fraction of sp³-hybridized carbons (Fsp3) is 0.556. The summed E-state index contributed by atoms with van der Waals surface area (Å²) < 4.78 is 23.1. The molecule has 1 aromatic heterocycles. The molecule has 0 saturated heterocycles. The smallest absolute Gasteiger partial charge is 0.287 e. The van der Waals surface area contributed by atoms with Gasteiger partial charge in [0, 0.05) is 19.3 Å². The summed E-state index contributed by atoms with van der Waals surface area (Å²) in [6.45, 7) is 2.40. The summed E-state index contributed by atoms with van der Waals surface area (Å²) in [5.74, 6) is -0.0276. The maximum Gasteiger partial charge on any atom is 0.287 e. The Bertz CT molecular complexity index is 553. The van der Waals surface area contributed by atoms with Gasteiger partial charge in [0.2, 0.25) is 0 Å². The van der Waals surface area contributed by atoms with Crippen molar-refractivity contribution in [3.05, 3.63) is 21.6 Å². The summed E-state index contributed by atoms with van der Waals surface area (Å²) in [4.78, 5) is 11.6. The maximum atomic E-state index is 11.6. The Morgan fingerprint density at radius 1 is 1.53 bits per heavy atom. The molecule has 1 N–H and O–H groups in total. The van der Waals surface area contributed by atoms with Crippen LogP contribution in [0.15, 0.2) is 11.0 Å². The van der Waals surface area contributed by atoms with Gasteiger partial charge in [0.1, 0.15) is 14.9 Å². The predicted molar refractivity (Wildman–Crippen MR) is 67.4 cm³/mol. The number of aromatic nitrogens is 2. The van der Waals surface area contributed by atoms with Crippen LogP contribution >= 0.6 is 11.6 Å². The Morgan fingerprint density at radius 3 is 2.71 bits per heavy atom. The number of rotatable bonds is 5. The van der Waals surface area contributed by atoms with E-state index in [2.05, 4.69) is 10.4 Å². The Hall–Kier alpha value is -1.08. The van der Waals surface area contributed by atoms with Crippen LogP contribution in [0.1, 0.15) is 6.92 Å². The van der Waals surface area contributed by atoms with E-state index in [-0.39, 0.29) is 17.3 Å². The third-order valence-electron chi connectivity index (χ3n) is 2.07. The molecule has 0 fully saturated rings. The first-order valence-electron chi connectivity index (χ1n) is 5.02. The van der Waals surface area contributed by atoms with E-state index in [0.717, 1.165) is 6.26 Å². The van der Waals surface area contributed by atoms with E-state index in [9.17, 15) is 13.2 Å². The lowest BCUT2D eigenvalue weighted by atomic mass is 10.4. The Morgan fingerprint density at radius 2 is 2.18 bits per heavy atom. The monoisotopic (exact) mass is 279 g/mol. The van der Waals surface area contributed by atoms with Gasteiger partial charge in [-0.05, 0) is 6.92 Å². The molecule has 0 amide bonds. The molecule has 0 atom stereocenters. The quantitative estimate of drug-likeness (QED) is 0.842. The predicted octanol–water partition coefficient (Wildman–Crippen LogP) is 0.373. The van der Waals surface area contributed by atoms with E-state index >= 15 is 0 Å². The molecule has 6 nitrogen and oxygen atoms in total. The molecule has 1 aromatic rings. The number of nitrogens with one attached hydrogen (secondary N) is 1. The van der Waals surface area contributed by atoms with Crippen molar-refractivity contribution in [3.8, 4) is 0 Å². The number of aryl methyl sites for hydroxylation is 1. The molecule has 0 bridgehead atoms. The topological polar surface area (TPSA) is 81.1 Å². The average molecular weight is 280 g/mol. The van der Waals surface area contributed by atoms with Crippen molar-refractivity contribution >= 4 is 27.1 Å². The first-order chi connectivity index (χ1) is 7.85. The molecule has 0 saturated carbocycles. The van der Waals surface area contributed by atoms with Crippen molar-refractivity contribution in [1.82, 2.24) is 9.78 Å². The second-order valence-corrected chi connectivity index (χ2v) is 6.19. The number of halogens is 1. The average Bonchev–Trinajstić information content (AvgIpc) is 2.23. The minimum Gasteiger partial charge on any atom is -0.381 e. The van der Waals surface area contributed by atoms with Gasteiger partial charge in [-0.2, -0.15) is 5.10 Å². The molecule has 17 heavy (non-hydrogen) atoms. The number of hydrogen-bond acceptors (Lipinski definition) is 5. The molecule has 0 spiro atoms. The van der Waals surface area contributed by atoms with Crippen molar-refractivity contribution in [3.63, 3.8) is 0 Å². The van der Waals surface area contributed by atoms with Crippen LogP contribution in [-0.2, 0) is 16.4 Å². The highest BCUT2D eigenvalue weighted by atomic mass is 35.5. The van der Waals surface area contributed by atoms with Gasteiger partial charge < -0.3 is 5.32 Å². The number of hydrogen-bond donors (Lipinski definition) is 1. The lowest BCUT2D eigenvalue weighted by Crippen LogP contribution is -2.24. The highest BCUT2D eigenvalue weighted by Crippen LogP contribution is 2.14. The van der Waals surface area contributed by atoms with E-state index in [1.54, 1.807) is 6.92 Å².